The lowest BCUT2D eigenvalue weighted by molar-refractivity contribution is -0.138. The maximum absolute atomic E-state index is 11.1. The van der Waals surface area contributed by atoms with E-state index < -0.39 is 11.9 Å². The summed E-state index contributed by atoms with van der Waals surface area (Å²) in [7, 11) is 0. The van der Waals surface area contributed by atoms with Crippen LogP contribution in [0.5, 0.6) is 0 Å². The van der Waals surface area contributed by atoms with Gasteiger partial charge in [0.1, 0.15) is 5.82 Å². The molecule has 17 heavy (non-hydrogen) atoms. The molecule has 4 nitrogen and oxygen atoms in total. The minimum absolute atomic E-state index is 0.129. The maximum Gasteiger partial charge on any atom is 0.311 e. The van der Waals surface area contributed by atoms with Crippen LogP contribution in [0.2, 0.25) is 0 Å². The normalized spacial score (nSPS) is 13.1. The topological polar surface area (TPSA) is 63.1 Å². The number of aliphatic carboxylic acids is 1. The van der Waals surface area contributed by atoms with Gasteiger partial charge in [-0.2, -0.15) is 0 Å². The molecule has 0 saturated heterocycles. The summed E-state index contributed by atoms with van der Waals surface area (Å²) in [5, 5.41) is 9.08. The van der Waals surface area contributed by atoms with Crippen LogP contribution in [0.3, 0.4) is 0 Å². The van der Waals surface area contributed by atoms with Crippen molar-refractivity contribution in [3.05, 3.63) is 36.4 Å². The molecule has 1 aromatic rings. The third-order valence-corrected chi connectivity index (χ3v) is 2.45. The quantitative estimate of drug-likeness (QED) is 0.813. The highest BCUT2D eigenvalue weighted by molar-refractivity contribution is 5.76. The lowest BCUT2D eigenvalue weighted by Crippen LogP contribution is -2.17. The largest absolute Gasteiger partial charge is 0.481 e. The molecule has 1 N–H and O–H groups in total. The molecule has 0 saturated carbocycles. The zero-order chi connectivity index (χ0) is 13.1. The van der Waals surface area contributed by atoms with Gasteiger partial charge in [-0.15, -0.1) is 6.58 Å². The molecule has 92 valence electrons. The molecule has 0 aliphatic rings. The van der Waals surface area contributed by atoms with Crippen molar-refractivity contribution in [2.75, 3.05) is 0 Å². The second-order valence-corrected chi connectivity index (χ2v) is 5.01. The van der Waals surface area contributed by atoms with E-state index in [9.17, 15) is 4.79 Å². The predicted molar refractivity (Wildman–Crippen MR) is 65.9 cm³/mol. The van der Waals surface area contributed by atoms with Gasteiger partial charge in [0, 0.05) is 23.4 Å². The predicted octanol–water partition coefficient (Wildman–Crippen LogP) is 2.52. The van der Waals surface area contributed by atoms with Gasteiger partial charge in [0.2, 0.25) is 0 Å². The van der Waals surface area contributed by atoms with E-state index in [1.165, 1.54) is 0 Å². The SMILES string of the molecule is C=CCC(C(=O)O)c1cnc(C(C)(C)C)nc1. The Morgan fingerprint density at radius 2 is 2.00 bits per heavy atom. The van der Waals surface area contributed by atoms with Gasteiger partial charge in [0.05, 0.1) is 5.92 Å². The highest BCUT2D eigenvalue weighted by Gasteiger charge is 2.21. The van der Waals surface area contributed by atoms with Crippen LogP contribution in [0.1, 0.15) is 44.5 Å². The summed E-state index contributed by atoms with van der Waals surface area (Å²) in [5.74, 6) is -0.775. The van der Waals surface area contributed by atoms with Crippen molar-refractivity contribution in [1.29, 1.82) is 0 Å². The molecule has 0 radical (unpaired) electrons. The van der Waals surface area contributed by atoms with E-state index in [-0.39, 0.29) is 5.41 Å². The molecule has 0 aliphatic heterocycles. The van der Waals surface area contributed by atoms with Crippen molar-refractivity contribution in [3.63, 3.8) is 0 Å². The molecule has 1 heterocycles. The van der Waals surface area contributed by atoms with Crippen LogP contribution in [0, 0.1) is 0 Å². The van der Waals surface area contributed by atoms with Gasteiger partial charge in [0.15, 0.2) is 0 Å². The summed E-state index contributed by atoms with van der Waals surface area (Å²) in [6.07, 6.45) is 5.16. The molecule has 1 unspecified atom stereocenters. The van der Waals surface area contributed by atoms with Crippen LogP contribution in [0.15, 0.2) is 25.0 Å². The van der Waals surface area contributed by atoms with Gasteiger partial charge in [0.25, 0.3) is 0 Å². The number of carboxylic acids is 1. The van der Waals surface area contributed by atoms with Gasteiger partial charge >= 0.3 is 5.97 Å². The van der Waals surface area contributed by atoms with E-state index >= 15 is 0 Å². The molecular formula is C13H18N2O2. The van der Waals surface area contributed by atoms with Crippen molar-refractivity contribution in [1.82, 2.24) is 9.97 Å². The number of hydrogen-bond acceptors (Lipinski definition) is 3. The third-order valence-electron chi connectivity index (χ3n) is 2.45. The summed E-state index contributed by atoms with van der Waals surface area (Å²) >= 11 is 0. The Labute approximate surface area is 101 Å². The first-order valence-corrected chi connectivity index (χ1v) is 5.52. The molecule has 1 rings (SSSR count). The molecule has 0 fully saturated rings. The first-order valence-electron chi connectivity index (χ1n) is 5.52. The van der Waals surface area contributed by atoms with Gasteiger partial charge in [-0.25, -0.2) is 9.97 Å². The van der Waals surface area contributed by atoms with Crippen LogP contribution >= 0.6 is 0 Å². The summed E-state index contributed by atoms with van der Waals surface area (Å²) in [6.45, 7) is 9.60. The van der Waals surface area contributed by atoms with Crippen LogP contribution in [0.25, 0.3) is 0 Å². The van der Waals surface area contributed by atoms with Crippen molar-refractivity contribution < 1.29 is 9.90 Å². The van der Waals surface area contributed by atoms with Crippen molar-refractivity contribution in [2.24, 2.45) is 0 Å². The van der Waals surface area contributed by atoms with Crippen molar-refractivity contribution in [3.8, 4) is 0 Å². The Morgan fingerprint density at radius 1 is 1.47 bits per heavy atom. The Hall–Kier alpha value is -1.71. The number of carbonyl (C=O) groups is 1. The smallest absolute Gasteiger partial charge is 0.311 e. The molecular weight excluding hydrogens is 216 g/mol. The Bertz CT molecular complexity index is 404. The van der Waals surface area contributed by atoms with E-state index in [2.05, 4.69) is 16.5 Å². The van der Waals surface area contributed by atoms with Crippen molar-refractivity contribution >= 4 is 5.97 Å². The zero-order valence-corrected chi connectivity index (χ0v) is 10.5. The summed E-state index contributed by atoms with van der Waals surface area (Å²) in [5.41, 5.74) is 0.487. The number of allylic oxidation sites excluding steroid dienone is 1. The third kappa shape index (κ3) is 3.37. The number of hydrogen-bond donors (Lipinski definition) is 1. The fourth-order valence-electron chi connectivity index (χ4n) is 1.45. The lowest BCUT2D eigenvalue weighted by Gasteiger charge is -2.17. The van der Waals surface area contributed by atoms with Crippen molar-refractivity contribution in [2.45, 2.75) is 38.5 Å². The van der Waals surface area contributed by atoms with E-state index in [0.29, 0.717) is 17.8 Å². The number of nitrogens with zero attached hydrogens (tertiary/aromatic N) is 2. The van der Waals surface area contributed by atoms with Crippen LogP contribution in [-0.4, -0.2) is 21.0 Å². The number of carboxylic acid groups (broad SMARTS) is 1. The monoisotopic (exact) mass is 234 g/mol. The molecule has 1 atom stereocenters. The fraction of sp³-hybridized carbons (Fsp3) is 0.462. The van der Waals surface area contributed by atoms with Crippen LogP contribution < -0.4 is 0 Å². The molecule has 0 bridgehead atoms. The fourth-order valence-corrected chi connectivity index (χ4v) is 1.45. The first kappa shape index (κ1) is 13.4. The molecule has 1 aromatic heterocycles. The van der Waals surface area contributed by atoms with Crippen LogP contribution in [0.4, 0.5) is 0 Å². The van der Waals surface area contributed by atoms with Gasteiger partial charge < -0.3 is 5.11 Å². The van der Waals surface area contributed by atoms with Crippen LogP contribution in [-0.2, 0) is 10.2 Å². The van der Waals surface area contributed by atoms with Gasteiger partial charge in [-0.1, -0.05) is 26.8 Å². The molecule has 0 aromatic carbocycles. The van der Waals surface area contributed by atoms with E-state index in [0.717, 1.165) is 0 Å². The molecule has 0 spiro atoms. The average Bonchev–Trinajstić information content (AvgIpc) is 2.24. The minimum Gasteiger partial charge on any atom is -0.481 e. The summed E-state index contributed by atoms with van der Waals surface area (Å²) < 4.78 is 0. The second-order valence-electron chi connectivity index (χ2n) is 5.01. The standard InChI is InChI=1S/C13H18N2O2/c1-5-6-10(11(16)17)9-7-14-12(15-8-9)13(2,3)4/h5,7-8,10H,1,6H2,2-4H3,(H,16,17). The average molecular weight is 234 g/mol. The Kier molecular flexibility index (Phi) is 3.99. The second kappa shape index (κ2) is 5.08. The summed E-state index contributed by atoms with van der Waals surface area (Å²) in [6, 6.07) is 0. The maximum atomic E-state index is 11.1. The number of rotatable bonds is 4. The first-order chi connectivity index (χ1) is 7.86. The van der Waals surface area contributed by atoms with E-state index in [4.69, 9.17) is 5.11 Å². The Morgan fingerprint density at radius 3 is 2.35 bits per heavy atom. The van der Waals surface area contributed by atoms with E-state index in [1.54, 1.807) is 18.5 Å². The highest BCUT2D eigenvalue weighted by Crippen LogP contribution is 2.22. The lowest BCUT2D eigenvalue weighted by atomic mass is 9.94. The van der Waals surface area contributed by atoms with Gasteiger partial charge in [-0.05, 0) is 6.42 Å². The van der Waals surface area contributed by atoms with Gasteiger partial charge in [-0.3, -0.25) is 4.79 Å². The summed E-state index contributed by atoms with van der Waals surface area (Å²) in [4.78, 5) is 19.5. The number of aromatic nitrogens is 2. The Balaban J connectivity index is 3.00. The zero-order valence-electron chi connectivity index (χ0n) is 10.5. The molecule has 0 amide bonds. The van der Waals surface area contributed by atoms with E-state index in [1.807, 2.05) is 20.8 Å². The minimum atomic E-state index is -0.878. The molecule has 0 aliphatic carbocycles. The molecule has 4 heteroatoms. The highest BCUT2D eigenvalue weighted by atomic mass is 16.4.